The smallest absolute Gasteiger partial charge is 0.223 e. The lowest BCUT2D eigenvalue weighted by atomic mass is 9.96. The molecular weight excluding hydrogens is 202 g/mol. The summed E-state index contributed by atoms with van der Waals surface area (Å²) in [5.74, 6) is 0.311. The second kappa shape index (κ2) is 7.42. The molecule has 3 heteroatoms. The normalized spacial score (nSPS) is 14.6. The number of Topliss-reactive ketones (excluding diaryl/α,β-unsaturated/α-hetero) is 1. The highest BCUT2D eigenvalue weighted by Gasteiger charge is 2.21. The molecule has 0 spiro atoms. The third kappa shape index (κ3) is 5.29. The van der Waals surface area contributed by atoms with Gasteiger partial charge in [-0.15, -0.1) is 0 Å². The van der Waals surface area contributed by atoms with E-state index in [-0.39, 0.29) is 23.7 Å². The van der Waals surface area contributed by atoms with Gasteiger partial charge in [-0.3, -0.25) is 9.59 Å². The Morgan fingerprint density at radius 2 is 1.75 bits per heavy atom. The van der Waals surface area contributed by atoms with Crippen molar-refractivity contribution >= 4 is 11.7 Å². The van der Waals surface area contributed by atoms with Gasteiger partial charge in [0.15, 0.2) is 5.78 Å². The minimum atomic E-state index is -0.298. The van der Waals surface area contributed by atoms with Gasteiger partial charge in [0.2, 0.25) is 5.91 Å². The standard InChI is InChI=1S/C13H25NO2/c1-6-7-8-12(11(5)15)14-13(16)10(4)9(2)3/h9-10,12H,6-8H2,1-5H3,(H,14,16)/t10-,12-/m0/s1. The molecule has 1 amide bonds. The van der Waals surface area contributed by atoms with Gasteiger partial charge in [-0.05, 0) is 19.3 Å². The average Bonchev–Trinajstić information content (AvgIpc) is 2.21. The highest BCUT2D eigenvalue weighted by molar-refractivity contribution is 5.88. The zero-order valence-corrected chi connectivity index (χ0v) is 11.2. The topological polar surface area (TPSA) is 46.2 Å². The Morgan fingerprint density at radius 1 is 1.19 bits per heavy atom. The van der Waals surface area contributed by atoms with Crippen molar-refractivity contribution in [2.45, 2.75) is 59.9 Å². The first-order chi connectivity index (χ1) is 7.40. The molecule has 1 N–H and O–H groups in total. The maximum atomic E-state index is 11.8. The van der Waals surface area contributed by atoms with Crippen LogP contribution in [0.15, 0.2) is 0 Å². The van der Waals surface area contributed by atoms with Crippen LogP contribution in [0.1, 0.15) is 53.9 Å². The largest absolute Gasteiger partial charge is 0.346 e. The van der Waals surface area contributed by atoms with Crippen molar-refractivity contribution in [2.24, 2.45) is 11.8 Å². The van der Waals surface area contributed by atoms with Gasteiger partial charge in [0.25, 0.3) is 0 Å². The zero-order chi connectivity index (χ0) is 12.7. The monoisotopic (exact) mass is 227 g/mol. The van der Waals surface area contributed by atoms with Crippen molar-refractivity contribution < 1.29 is 9.59 Å². The molecule has 0 unspecified atom stereocenters. The number of carbonyl (C=O) groups is 2. The van der Waals surface area contributed by atoms with E-state index in [0.717, 1.165) is 19.3 Å². The van der Waals surface area contributed by atoms with Gasteiger partial charge in [-0.25, -0.2) is 0 Å². The SMILES string of the molecule is CCCC[C@H](NC(=O)[C@@H](C)C(C)C)C(C)=O. The van der Waals surface area contributed by atoms with Crippen LogP contribution in [-0.2, 0) is 9.59 Å². The van der Waals surface area contributed by atoms with Gasteiger partial charge in [-0.1, -0.05) is 40.5 Å². The number of hydrogen-bond donors (Lipinski definition) is 1. The molecule has 0 bridgehead atoms. The Morgan fingerprint density at radius 3 is 2.12 bits per heavy atom. The summed E-state index contributed by atoms with van der Waals surface area (Å²) in [7, 11) is 0. The van der Waals surface area contributed by atoms with Crippen molar-refractivity contribution in [3.8, 4) is 0 Å². The molecule has 0 radical (unpaired) electrons. The number of amides is 1. The summed E-state index contributed by atoms with van der Waals surface area (Å²) in [6, 6.07) is -0.298. The first-order valence-corrected chi connectivity index (χ1v) is 6.21. The third-order valence-corrected chi connectivity index (χ3v) is 3.07. The molecule has 2 atom stereocenters. The summed E-state index contributed by atoms with van der Waals surface area (Å²) >= 11 is 0. The average molecular weight is 227 g/mol. The molecule has 0 fully saturated rings. The first kappa shape index (κ1) is 15.1. The van der Waals surface area contributed by atoms with Crippen molar-refractivity contribution in [3.63, 3.8) is 0 Å². The Labute approximate surface area is 99.0 Å². The lowest BCUT2D eigenvalue weighted by Crippen LogP contribution is -2.43. The lowest BCUT2D eigenvalue weighted by Gasteiger charge is -2.20. The molecular formula is C13H25NO2. The van der Waals surface area contributed by atoms with Crippen molar-refractivity contribution in [1.29, 1.82) is 0 Å². The van der Waals surface area contributed by atoms with Crippen LogP contribution in [0, 0.1) is 11.8 Å². The minimum absolute atomic E-state index is 0.00805. The quantitative estimate of drug-likeness (QED) is 0.726. The molecule has 0 saturated heterocycles. The summed E-state index contributed by atoms with van der Waals surface area (Å²) in [4.78, 5) is 23.2. The third-order valence-electron chi connectivity index (χ3n) is 3.07. The second-order valence-electron chi connectivity index (χ2n) is 4.85. The predicted molar refractivity (Wildman–Crippen MR) is 66.1 cm³/mol. The summed E-state index contributed by atoms with van der Waals surface area (Å²) in [5, 5.41) is 2.84. The number of ketones is 1. The van der Waals surface area contributed by atoms with Gasteiger partial charge < -0.3 is 5.32 Å². The molecule has 94 valence electrons. The van der Waals surface area contributed by atoms with Gasteiger partial charge in [-0.2, -0.15) is 0 Å². The van der Waals surface area contributed by atoms with Gasteiger partial charge in [0.1, 0.15) is 0 Å². The van der Waals surface area contributed by atoms with Crippen molar-refractivity contribution in [2.75, 3.05) is 0 Å². The van der Waals surface area contributed by atoms with E-state index >= 15 is 0 Å². The van der Waals surface area contributed by atoms with E-state index in [1.54, 1.807) is 6.92 Å². The van der Waals surface area contributed by atoms with Crippen LogP contribution >= 0.6 is 0 Å². The van der Waals surface area contributed by atoms with Crippen LogP contribution in [0.2, 0.25) is 0 Å². The molecule has 16 heavy (non-hydrogen) atoms. The Bertz CT molecular complexity index is 236. The van der Waals surface area contributed by atoms with Gasteiger partial charge >= 0.3 is 0 Å². The fourth-order valence-corrected chi connectivity index (χ4v) is 1.39. The van der Waals surface area contributed by atoms with E-state index < -0.39 is 0 Å². The molecule has 0 aliphatic heterocycles. The first-order valence-electron chi connectivity index (χ1n) is 6.21. The second-order valence-corrected chi connectivity index (χ2v) is 4.85. The van der Waals surface area contributed by atoms with Gasteiger partial charge in [0, 0.05) is 5.92 Å². The van der Waals surface area contributed by atoms with E-state index in [9.17, 15) is 9.59 Å². The van der Waals surface area contributed by atoms with Crippen molar-refractivity contribution in [1.82, 2.24) is 5.32 Å². The highest BCUT2D eigenvalue weighted by atomic mass is 16.2. The highest BCUT2D eigenvalue weighted by Crippen LogP contribution is 2.11. The summed E-state index contributed by atoms with van der Waals surface area (Å²) in [6.07, 6.45) is 2.77. The van der Waals surface area contributed by atoms with Crippen molar-refractivity contribution in [3.05, 3.63) is 0 Å². The molecule has 0 aromatic rings. The number of unbranched alkanes of at least 4 members (excludes halogenated alkanes) is 1. The van der Waals surface area contributed by atoms with E-state index in [4.69, 9.17) is 0 Å². The molecule has 0 aromatic carbocycles. The maximum absolute atomic E-state index is 11.8. The number of hydrogen-bond acceptors (Lipinski definition) is 2. The molecule has 0 rings (SSSR count). The molecule has 0 heterocycles. The molecule has 3 nitrogen and oxygen atoms in total. The summed E-state index contributed by atoms with van der Waals surface area (Å²) < 4.78 is 0. The number of carbonyl (C=O) groups excluding carboxylic acids is 2. The molecule has 0 saturated carbocycles. The van der Waals surface area contributed by atoms with E-state index in [1.807, 2.05) is 20.8 Å². The van der Waals surface area contributed by atoms with Crippen LogP contribution in [-0.4, -0.2) is 17.7 Å². The molecule has 0 aromatic heterocycles. The number of rotatable bonds is 7. The van der Waals surface area contributed by atoms with Gasteiger partial charge in [0.05, 0.1) is 6.04 Å². The van der Waals surface area contributed by atoms with E-state index in [2.05, 4.69) is 12.2 Å². The zero-order valence-electron chi connectivity index (χ0n) is 11.2. The Kier molecular flexibility index (Phi) is 7.02. The fraction of sp³-hybridized carbons (Fsp3) is 0.846. The van der Waals surface area contributed by atoms with Crippen LogP contribution in [0.4, 0.5) is 0 Å². The fourth-order valence-electron chi connectivity index (χ4n) is 1.39. The van der Waals surface area contributed by atoms with Crippen LogP contribution < -0.4 is 5.32 Å². The number of nitrogens with one attached hydrogen (secondary N) is 1. The molecule has 0 aliphatic rings. The summed E-state index contributed by atoms with van der Waals surface area (Å²) in [6.45, 7) is 9.55. The van der Waals surface area contributed by atoms with E-state index in [1.165, 1.54) is 0 Å². The van der Waals surface area contributed by atoms with E-state index in [0.29, 0.717) is 5.92 Å². The Hall–Kier alpha value is -0.860. The Balaban J connectivity index is 4.28. The lowest BCUT2D eigenvalue weighted by molar-refractivity contribution is -0.130. The van der Waals surface area contributed by atoms with Crippen LogP contribution in [0.5, 0.6) is 0 Å². The maximum Gasteiger partial charge on any atom is 0.223 e. The minimum Gasteiger partial charge on any atom is -0.346 e. The van der Waals surface area contributed by atoms with Crippen LogP contribution in [0.25, 0.3) is 0 Å². The predicted octanol–water partition coefficient (Wildman–Crippen LogP) is 2.54. The van der Waals surface area contributed by atoms with Crippen LogP contribution in [0.3, 0.4) is 0 Å². The molecule has 0 aliphatic carbocycles. The summed E-state index contributed by atoms with van der Waals surface area (Å²) in [5.41, 5.74) is 0.